The predicted octanol–water partition coefficient (Wildman–Crippen LogP) is -0.281. The number of hydrogen-bond acceptors (Lipinski definition) is 3. The maximum Gasteiger partial charge on any atom is 0.239 e. The number of nitriles is 1. The zero-order valence-corrected chi connectivity index (χ0v) is 7.37. The molecule has 1 rings (SSSR count). The number of carbonyl (C=O) groups is 1. The lowest BCUT2D eigenvalue weighted by Gasteiger charge is -2.12. The van der Waals surface area contributed by atoms with Crippen molar-refractivity contribution in [1.82, 2.24) is 10.2 Å². The zero-order chi connectivity index (χ0) is 9.14. The van der Waals surface area contributed by atoms with Gasteiger partial charge in [0.2, 0.25) is 5.91 Å². The van der Waals surface area contributed by atoms with Gasteiger partial charge >= 0.3 is 0 Å². The van der Waals surface area contributed by atoms with E-state index in [9.17, 15) is 4.79 Å². The quantitative estimate of drug-likeness (QED) is 0.615. The summed E-state index contributed by atoms with van der Waals surface area (Å²) in [6, 6.07) is 1.65. The van der Waals surface area contributed by atoms with Gasteiger partial charge in [-0.2, -0.15) is 5.26 Å². The van der Waals surface area contributed by atoms with Crippen LogP contribution in [-0.2, 0) is 4.79 Å². The number of carbonyl (C=O) groups excluding carboxylic acids is 1. The number of nitrogens with zero attached hydrogens (tertiary/aromatic N) is 2. The maximum atomic E-state index is 11.3. The van der Waals surface area contributed by atoms with Gasteiger partial charge in [-0.25, -0.2) is 0 Å². The molecule has 4 heteroatoms. The van der Waals surface area contributed by atoms with Gasteiger partial charge in [0.05, 0.1) is 18.2 Å². The van der Waals surface area contributed by atoms with Crippen LogP contribution in [0.15, 0.2) is 0 Å². The van der Waals surface area contributed by atoms with Crippen molar-refractivity contribution in [3.05, 3.63) is 0 Å². The van der Waals surface area contributed by atoms with E-state index in [0.717, 1.165) is 13.0 Å². The van der Waals surface area contributed by atoms with Gasteiger partial charge in [0, 0.05) is 13.6 Å². The molecular weight excluding hydrogens is 154 g/mol. The molecule has 1 aliphatic heterocycles. The van der Waals surface area contributed by atoms with E-state index in [1.807, 2.05) is 6.07 Å². The van der Waals surface area contributed by atoms with E-state index in [1.54, 1.807) is 18.9 Å². The Bertz CT molecular complexity index is 221. The van der Waals surface area contributed by atoms with E-state index < -0.39 is 0 Å². The molecule has 0 aromatic rings. The van der Waals surface area contributed by atoms with E-state index in [-0.39, 0.29) is 18.0 Å². The van der Waals surface area contributed by atoms with E-state index in [0.29, 0.717) is 0 Å². The minimum absolute atomic E-state index is 0.0945. The fourth-order valence-corrected chi connectivity index (χ4v) is 1.32. The SMILES string of the molecule is CC(C#N)NC1CCN(C)C1=O. The van der Waals surface area contributed by atoms with E-state index in [2.05, 4.69) is 5.32 Å². The van der Waals surface area contributed by atoms with Crippen LogP contribution in [0, 0.1) is 11.3 Å². The lowest BCUT2D eigenvalue weighted by molar-refractivity contribution is -0.128. The van der Waals surface area contributed by atoms with Crippen LogP contribution < -0.4 is 5.32 Å². The van der Waals surface area contributed by atoms with Gasteiger partial charge in [-0.1, -0.05) is 0 Å². The molecule has 0 aliphatic carbocycles. The second-order valence-electron chi connectivity index (χ2n) is 3.12. The first kappa shape index (κ1) is 9.01. The second kappa shape index (κ2) is 3.55. The summed E-state index contributed by atoms with van der Waals surface area (Å²) in [5.41, 5.74) is 0. The Balaban J connectivity index is 2.45. The fraction of sp³-hybridized carbons (Fsp3) is 0.750. The van der Waals surface area contributed by atoms with Crippen molar-refractivity contribution in [3.63, 3.8) is 0 Å². The molecule has 2 unspecified atom stereocenters. The van der Waals surface area contributed by atoms with E-state index in [1.165, 1.54) is 0 Å². The summed E-state index contributed by atoms with van der Waals surface area (Å²) in [5, 5.41) is 11.5. The van der Waals surface area contributed by atoms with E-state index >= 15 is 0 Å². The predicted molar refractivity (Wildman–Crippen MR) is 44.3 cm³/mol. The van der Waals surface area contributed by atoms with Crippen LogP contribution in [0.3, 0.4) is 0 Å². The lowest BCUT2D eigenvalue weighted by atomic mass is 10.2. The topological polar surface area (TPSA) is 56.1 Å². The van der Waals surface area contributed by atoms with Crippen LogP contribution in [0.1, 0.15) is 13.3 Å². The smallest absolute Gasteiger partial charge is 0.239 e. The molecule has 0 saturated carbocycles. The van der Waals surface area contributed by atoms with Crippen LogP contribution in [-0.4, -0.2) is 36.5 Å². The highest BCUT2D eigenvalue weighted by Crippen LogP contribution is 2.08. The molecule has 1 fully saturated rings. The highest BCUT2D eigenvalue weighted by Gasteiger charge is 2.29. The first-order chi connectivity index (χ1) is 5.65. The summed E-state index contributed by atoms with van der Waals surface area (Å²) in [6.45, 7) is 2.54. The first-order valence-electron chi connectivity index (χ1n) is 4.06. The molecule has 4 nitrogen and oxygen atoms in total. The molecule has 0 spiro atoms. The molecule has 0 aromatic heterocycles. The molecule has 1 heterocycles. The Morgan fingerprint density at radius 1 is 1.83 bits per heavy atom. The molecule has 1 aliphatic rings. The van der Waals surface area contributed by atoms with Gasteiger partial charge in [-0.3, -0.25) is 10.1 Å². The molecule has 66 valence electrons. The van der Waals surface area contributed by atoms with Gasteiger partial charge in [0.25, 0.3) is 0 Å². The second-order valence-corrected chi connectivity index (χ2v) is 3.12. The van der Waals surface area contributed by atoms with Crippen molar-refractivity contribution in [3.8, 4) is 6.07 Å². The van der Waals surface area contributed by atoms with Crippen LogP contribution >= 0.6 is 0 Å². The average molecular weight is 167 g/mol. The number of amides is 1. The summed E-state index contributed by atoms with van der Waals surface area (Å²) < 4.78 is 0. The molecule has 0 aromatic carbocycles. The Morgan fingerprint density at radius 2 is 2.50 bits per heavy atom. The maximum absolute atomic E-state index is 11.3. The Labute approximate surface area is 72.2 Å². The Hall–Kier alpha value is -1.08. The molecule has 0 bridgehead atoms. The fourth-order valence-electron chi connectivity index (χ4n) is 1.32. The third-order valence-corrected chi connectivity index (χ3v) is 2.07. The van der Waals surface area contributed by atoms with Crippen LogP contribution in [0.5, 0.6) is 0 Å². The molecular formula is C8H13N3O. The third-order valence-electron chi connectivity index (χ3n) is 2.07. The molecule has 2 atom stereocenters. The molecule has 1 saturated heterocycles. The van der Waals surface area contributed by atoms with Crippen LogP contribution in [0.25, 0.3) is 0 Å². The van der Waals surface area contributed by atoms with Gasteiger partial charge in [-0.05, 0) is 13.3 Å². The average Bonchev–Trinajstić information content (AvgIpc) is 2.36. The largest absolute Gasteiger partial charge is 0.344 e. The number of likely N-dealkylation sites (tertiary alicyclic amines) is 1. The van der Waals surface area contributed by atoms with Crippen molar-refractivity contribution in [2.24, 2.45) is 0 Å². The highest BCUT2D eigenvalue weighted by atomic mass is 16.2. The third kappa shape index (κ3) is 1.74. The number of nitrogens with one attached hydrogen (secondary N) is 1. The monoisotopic (exact) mass is 167 g/mol. The number of likely N-dealkylation sites (N-methyl/N-ethyl adjacent to an activating group) is 1. The minimum Gasteiger partial charge on any atom is -0.344 e. The molecule has 0 radical (unpaired) electrons. The number of rotatable bonds is 2. The summed E-state index contributed by atoms with van der Waals surface area (Å²) in [4.78, 5) is 13.0. The van der Waals surface area contributed by atoms with E-state index in [4.69, 9.17) is 5.26 Å². The summed E-state index contributed by atoms with van der Waals surface area (Å²) in [6.07, 6.45) is 0.807. The highest BCUT2D eigenvalue weighted by molar-refractivity contribution is 5.83. The summed E-state index contributed by atoms with van der Waals surface area (Å²) in [5.74, 6) is 0.0945. The van der Waals surface area contributed by atoms with Gasteiger partial charge in [0.15, 0.2) is 0 Å². The Kier molecular flexibility index (Phi) is 2.66. The lowest BCUT2D eigenvalue weighted by Crippen LogP contribution is -2.41. The van der Waals surface area contributed by atoms with Gasteiger partial charge in [0.1, 0.15) is 0 Å². The Morgan fingerprint density at radius 3 is 2.92 bits per heavy atom. The van der Waals surface area contributed by atoms with Crippen LogP contribution in [0.2, 0.25) is 0 Å². The van der Waals surface area contributed by atoms with Gasteiger partial charge < -0.3 is 4.90 Å². The van der Waals surface area contributed by atoms with Gasteiger partial charge in [-0.15, -0.1) is 0 Å². The molecule has 12 heavy (non-hydrogen) atoms. The summed E-state index contributed by atoms with van der Waals surface area (Å²) >= 11 is 0. The first-order valence-corrected chi connectivity index (χ1v) is 4.06. The summed E-state index contributed by atoms with van der Waals surface area (Å²) in [7, 11) is 1.78. The van der Waals surface area contributed by atoms with Crippen molar-refractivity contribution < 1.29 is 4.79 Å². The normalized spacial score (nSPS) is 25.6. The minimum atomic E-state index is -0.245. The van der Waals surface area contributed by atoms with Crippen LogP contribution in [0.4, 0.5) is 0 Å². The number of hydrogen-bond donors (Lipinski definition) is 1. The van der Waals surface area contributed by atoms with Crippen molar-refractivity contribution in [2.75, 3.05) is 13.6 Å². The molecule has 1 amide bonds. The zero-order valence-electron chi connectivity index (χ0n) is 7.37. The van der Waals surface area contributed by atoms with Crippen molar-refractivity contribution in [1.29, 1.82) is 5.26 Å². The van der Waals surface area contributed by atoms with Crippen molar-refractivity contribution in [2.45, 2.75) is 25.4 Å². The van der Waals surface area contributed by atoms with Crippen molar-refractivity contribution >= 4 is 5.91 Å². The molecule has 1 N–H and O–H groups in total. The standard InChI is InChI=1S/C8H13N3O/c1-6(5-9)10-7-3-4-11(2)8(7)12/h6-7,10H,3-4H2,1-2H3.